The van der Waals surface area contributed by atoms with E-state index < -0.39 is 23.8 Å². The molecule has 0 aliphatic heterocycles. The zero-order valence-electron chi connectivity index (χ0n) is 12.6. The van der Waals surface area contributed by atoms with Crippen LogP contribution in [0, 0.1) is 5.92 Å². The predicted octanol–water partition coefficient (Wildman–Crippen LogP) is -0.427. The van der Waals surface area contributed by atoms with Crippen molar-refractivity contribution in [2.45, 2.75) is 19.8 Å². The summed E-state index contributed by atoms with van der Waals surface area (Å²) >= 11 is 0. The smallest absolute Gasteiger partial charge is 0.333 e. The maximum atomic E-state index is 11.3. The average Bonchev–Trinajstić information content (AvgIpc) is 2.50. The van der Waals surface area contributed by atoms with E-state index in [2.05, 4.69) is 6.58 Å². The average molecular weight is 318 g/mol. The molecule has 0 amide bonds. The van der Waals surface area contributed by atoms with Gasteiger partial charge in [0.25, 0.3) is 0 Å². The SMILES string of the molecule is C=C(C)C(=O)OCCOC(=O)CCC(=O)OCC(CO)CO. The van der Waals surface area contributed by atoms with Crippen LogP contribution in [0.4, 0.5) is 0 Å². The van der Waals surface area contributed by atoms with Gasteiger partial charge in [-0.1, -0.05) is 6.58 Å². The molecule has 2 N–H and O–H groups in total. The molecule has 0 heterocycles. The van der Waals surface area contributed by atoms with E-state index in [9.17, 15) is 14.4 Å². The summed E-state index contributed by atoms with van der Waals surface area (Å²) in [4.78, 5) is 33.6. The van der Waals surface area contributed by atoms with Gasteiger partial charge in [0.15, 0.2) is 0 Å². The Labute approximate surface area is 128 Å². The lowest BCUT2D eigenvalue weighted by Crippen LogP contribution is -2.21. The van der Waals surface area contributed by atoms with Crippen LogP contribution in [0.2, 0.25) is 0 Å². The Morgan fingerprint density at radius 1 is 0.955 bits per heavy atom. The Balaban J connectivity index is 3.70. The summed E-state index contributed by atoms with van der Waals surface area (Å²) in [6.45, 7) is 3.99. The van der Waals surface area contributed by atoms with Crippen LogP contribution < -0.4 is 0 Å². The number of rotatable bonds is 11. The topological polar surface area (TPSA) is 119 Å². The zero-order chi connectivity index (χ0) is 17.0. The van der Waals surface area contributed by atoms with Crippen molar-refractivity contribution in [1.82, 2.24) is 0 Å². The standard InChI is InChI=1S/C14H22O8/c1-10(2)14(19)21-6-5-20-12(17)3-4-13(18)22-9-11(7-15)8-16/h11,15-16H,1,3-9H2,2H3. The van der Waals surface area contributed by atoms with Crippen molar-refractivity contribution >= 4 is 17.9 Å². The normalized spacial score (nSPS) is 10.2. The van der Waals surface area contributed by atoms with E-state index in [1.165, 1.54) is 6.92 Å². The molecule has 0 atom stereocenters. The zero-order valence-corrected chi connectivity index (χ0v) is 12.6. The number of aliphatic hydroxyl groups excluding tert-OH is 2. The number of esters is 3. The van der Waals surface area contributed by atoms with Crippen molar-refractivity contribution in [2.75, 3.05) is 33.0 Å². The first kappa shape index (κ1) is 20.1. The highest BCUT2D eigenvalue weighted by Gasteiger charge is 2.12. The number of hydrogen-bond donors (Lipinski definition) is 2. The van der Waals surface area contributed by atoms with Crippen molar-refractivity contribution in [2.24, 2.45) is 5.92 Å². The van der Waals surface area contributed by atoms with Crippen LogP contribution in [-0.4, -0.2) is 61.2 Å². The molecule has 0 aliphatic carbocycles. The van der Waals surface area contributed by atoms with Crippen molar-refractivity contribution < 1.29 is 38.8 Å². The number of hydrogen-bond acceptors (Lipinski definition) is 8. The molecule has 0 aliphatic rings. The molecule has 0 aromatic heterocycles. The van der Waals surface area contributed by atoms with Gasteiger partial charge in [-0.05, 0) is 6.92 Å². The molecule has 0 unspecified atom stereocenters. The Morgan fingerprint density at radius 2 is 1.45 bits per heavy atom. The highest BCUT2D eigenvalue weighted by atomic mass is 16.6. The molecule has 0 bridgehead atoms. The molecule has 0 saturated heterocycles. The minimum Gasteiger partial charge on any atom is -0.465 e. The van der Waals surface area contributed by atoms with Crippen molar-refractivity contribution in [3.8, 4) is 0 Å². The third-order valence-corrected chi connectivity index (χ3v) is 2.46. The summed E-state index contributed by atoms with van der Waals surface area (Å²) in [5.74, 6) is -2.34. The molecular formula is C14H22O8. The van der Waals surface area contributed by atoms with Gasteiger partial charge in [0.2, 0.25) is 0 Å². The quantitative estimate of drug-likeness (QED) is 0.228. The van der Waals surface area contributed by atoms with Crippen LogP contribution in [0.15, 0.2) is 12.2 Å². The third kappa shape index (κ3) is 9.89. The van der Waals surface area contributed by atoms with E-state index in [-0.39, 0.29) is 51.4 Å². The van der Waals surface area contributed by atoms with E-state index >= 15 is 0 Å². The fourth-order valence-corrected chi connectivity index (χ4v) is 1.14. The van der Waals surface area contributed by atoms with Gasteiger partial charge in [0, 0.05) is 11.5 Å². The first-order valence-corrected chi connectivity index (χ1v) is 6.76. The molecule has 8 nitrogen and oxygen atoms in total. The molecule has 0 aromatic carbocycles. The van der Waals surface area contributed by atoms with Crippen LogP contribution in [0.3, 0.4) is 0 Å². The fourth-order valence-electron chi connectivity index (χ4n) is 1.14. The Kier molecular flexibility index (Phi) is 10.7. The van der Waals surface area contributed by atoms with Gasteiger partial charge in [-0.15, -0.1) is 0 Å². The molecule has 22 heavy (non-hydrogen) atoms. The molecule has 8 heteroatoms. The maximum Gasteiger partial charge on any atom is 0.333 e. The lowest BCUT2D eigenvalue weighted by Gasteiger charge is -2.11. The van der Waals surface area contributed by atoms with Crippen molar-refractivity contribution in [1.29, 1.82) is 0 Å². The number of aliphatic hydroxyl groups is 2. The maximum absolute atomic E-state index is 11.3. The highest BCUT2D eigenvalue weighted by molar-refractivity contribution is 5.86. The van der Waals surface area contributed by atoms with Crippen molar-refractivity contribution in [3.63, 3.8) is 0 Å². The van der Waals surface area contributed by atoms with E-state index in [1.54, 1.807) is 0 Å². The highest BCUT2D eigenvalue weighted by Crippen LogP contribution is 2.00. The van der Waals surface area contributed by atoms with Gasteiger partial charge < -0.3 is 24.4 Å². The third-order valence-electron chi connectivity index (χ3n) is 2.46. The Bertz CT molecular complexity index is 386. The van der Waals surface area contributed by atoms with Crippen LogP contribution in [0.1, 0.15) is 19.8 Å². The monoisotopic (exact) mass is 318 g/mol. The summed E-state index contributed by atoms with van der Waals surface area (Å²) in [6.07, 6.45) is -0.343. The van der Waals surface area contributed by atoms with Gasteiger partial charge in [0.1, 0.15) is 13.2 Å². The number of carbonyl (C=O) groups excluding carboxylic acids is 3. The Morgan fingerprint density at radius 3 is 1.95 bits per heavy atom. The molecule has 0 spiro atoms. The van der Waals surface area contributed by atoms with Gasteiger partial charge >= 0.3 is 17.9 Å². The Hall–Kier alpha value is -1.93. The second-order valence-corrected chi connectivity index (χ2v) is 4.55. The first-order chi connectivity index (χ1) is 10.4. The van der Waals surface area contributed by atoms with E-state index in [4.69, 9.17) is 24.4 Å². The van der Waals surface area contributed by atoms with Gasteiger partial charge in [-0.2, -0.15) is 0 Å². The van der Waals surface area contributed by atoms with Gasteiger partial charge in [0.05, 0.1) is 32.7 Å². The summed E-state index contributed by atoms with van der Waals surface area (Å²) < 4.78 is 14.2. The molecular weight excluding hydrogens is 296 g/mol. The van der Waals surface area contributed by atoms with E-state index in [1.807, 2.05) is 0 Å². The lowest BCUT2D eigenvalue weighted by molar-refractivity contribution is -0.153. The van der Waals surface area contributed by atoms with Gasteiger partial charge in [-0.3, -0.25) is 9.59 Å². The van der Waals surface area contributed by atoms with Crippen LogP contribution in [0.25, 0.3) is 0 Å². The van der Waals surface area contributed by atoms with Crippen LogP contribution >= 0.6 is 0 Å². The summed E-state index contributed by atoms with van der Waals surface area (Å²) in [7, 11) is 0. The molecule has 0 saturated carbocycles. The molecule has 0 fully saturated rings. The van der Waals surface area contributed by atoms with E-state index in [0.717, 1.165) is 0 Å². The molecule has 126 valence electrons. The van der Waals surface area contributed by atoms with Crippen molar-refractivity contribution in [3.05, 3.63) is 12.2 Å². The van der Waals surface area contributed by atoms with Crippen LogP contribution in [0.5, 0.6) is 0 Å². The number of carbonyl (C=O) groups is 3. The predicted molar refractivity (Wildman–Crippen MR) is 74.6 cm³/mol. The fraction of sp³-hybridized carbons (Fsp3) is 0.643. The molecule has 0 radical (unpaired) electrons. The first-order valence-electron chi connectivity index (χ1n) is 6.76. The minimum absolute atomic E-state index is 0.0867. The number of ether oxygens (including phenoxy) is 3. The summed E-state index contributed by atoms with van der Waals surface area (Å²) in [6, 6.07) is 0. The largest absolute Gasteiger partial charge is 0.465 e. The van der Waals surface area contributed by atoms with Crippen LogP contribution in [-0.2, 0) is 28.6 Å². The van der Waals surface area contributed by atoms with E-state index in [0.29, 0.717) is 0 Å². The molecule has 0 rings (SSSR count). The lowest BCUT2D eigenvalue weighted by atomic mass is 10.2. The minimum atomic E-state index is -0.627. The molecule has 0 aromatic rings. The summed E-state index contributed by atoms with van der Waals surface area (Å²) in [5, 5.41) is 17.6. The van der Waals surface area contributed by atoms with Gasteiger partial charge in [-0.25, -0.2) is 4.79 Å². The second-order valence-electron chi connectivity index (χ2n) is 4.55. The second kappa shape index (κ2) is 11.7. The summed E-state index contributed by atoms with van der Waals surface area (Å²) in [5.41, 5.74) is 0.248.